The van der Waals surface area contributed by atoms with Gasteiger partial charge >= 0.3 is 6.36 Å². The standard InChI is InChI=1S/C15H15F3N6O2S/c1-9(2)7-12-19-13(26-21-12)8-27-14-20-22-23-24(14)10-3-5-11(6-4-10)25-15(16,17)18/h3-6,9H,7-8H2,1-2H3. The van der Waals surface area contributed by atoms with Gasteiger partial charge in [-0.3, -0.25) is 0 Å². The molecular weight excluding hydrogens is 385 g/mol. The van der Waals surface area contributed by atoms with Gasteiger partial charge in [0.15, 0.2) is 5.82 Å². The van der Waals surface area contributed by atoms with Crippen molar-refractivity contribution < 1.29 is 22.4 Å². The third kappa shape index (κ3) is 5.42. The van der Waals surface area contributed by atoms with Crippen LogP contribution in [-0.2, 0) is 12.2 Å². The highest BCUT2D eigenvalue weighted by Crippen LogP contribution is 2.26. The molecule has 0 fully saturated rings. The predicted octanol–water partition coefficient (Wildman–Crippen LogP) is 3.43. The second kappa shape index (κ2) is 7.94. The summed E-state index contributed by atoms with van der Waals surface area (Å²) in [6.07, 6.45) is -4.02. The van der Waals surface area contributed by atoms with E-state index in [1.807, 2.05) is 0 Å². The van der Waals surface area contributed by atoms with E-state index >= 15 is 0 Å². The Hall–Kier alpha value is -2.63. The minimum Gasteiger partial charge on any atom is -0.406 e. The van der Waals surface area contributed by atoms with E-state index in [2.05, 4.69) is 44.3 Å². The number of aromatic nitrogens is 6. The molecular formula is C15H15F3N6O2S. The molecule has 0 unspecified atom stereocenters. The van der Waals surface area contributed by atoms with Gasteiger partial charge in [-0.1, -0.05) is 30.8 Å². The molecule has 0 N–H and O–H groups in total. The van der Waals surface area contributed by atoms with Gasteiger partial charge in [0.1, 0.15) is 5.75 Å². The zero-order chi connectivity index (χ0) is 19.4. The number of benzene rings is 1. The normalized spacial score (nSPS) is 11.9. The Labute approximate surface area is 156 Å². The molecule has 1 aromatic carbocycles. The fourth-order valence-corrected chi connectivity index (χ4v) is 2.87. The summed E-state index contributed by atoms with van der Waals surface area (Å²) in [5.41, 5.74) is 0.489. The van der Waals surface area contributed by atoms with E-state index in [1.54, 1.807) is 0 Å². The topological polar surface area (TPSA) is 91.8 Å². The summed E-state index contributed by atoms with van der Waals surface area (Å²) < 4.78 is 47.1. The van der Waals surface area contributed by atoms with Crippen LogP contribution in [-0.4, -0.2) is 36.7 Å². The molecule has 0 saturated heterocycles. The van der Waals surface area contributed by atoms with E-state index in [0.29, 0.717) is 34.2 Å². The van der Waals surface area contributed by atoms with E-state index in [0.717, 1.165) is 6.42 Å². The Morgan fingerprint density at radius 2 is 1.96 bits per heavy atom. The molecule has 2 heterocycles. The molecule has 2 aromatic heterocycles. The highest BCUT2D eigenvalue weighted by molar-refractivity contribution is 7.98. The fraction of sp³-hybridized carbons (Fsp3) is 0.400. The molecule has 8 nitrogen and oxygen atoms in total. The van der Waals surface area contributed by atoms with Gasteiger partial charge in [-0.15, -0.1) is 18.3 Å². The monoisotopic (exact) mass is 400 g/mol. The molecule has 3 aromatic rings. The molecule has 0 aliphatic heterocycles. The average molecular weight is 400 g/mol. The van der Waals surface area contributed by atoms with Crippen LogP contribution in [0.2, 0.25) is 0 Å². The van der Waals surface area contributed by atoms with Crippen LogP contribution in [0.25, 0.3) is 5.69 Å². The van der Waals surface area contributed by atoms with Gasteiger partial charge in [-0.25, -0.2) is 0 Å². The van der Waals surface area contributed by atoms with Gasteiger partial charge in [0.2, 0.25) is 11.0 Å². The maximum atomic E-state index is 12.2. The van der Waals surface area contributed by atoms with Crippen LogP contribution in [0, 0.1) is 5.92 Å². The maximum absolute atomic E-state index is 12.2. The molecule has 144 valence electrons. The van der Waals surface area contributed by atoms with Crippen molar-refractivity contribution >= 4 is 11.8 Å². The van der Waals surface area contributed by atoms with Crippen LogP contribution in [0.1, 0.15) is 25.6 Å². The Bertz CT molecular complexity index is 878. The van der Waals surface area contributed by atoms with Gasteiger partial charge in [0, 0.05) is 6.42 Å². The van der Waals surface area contributed by atoms with Crippen molar-refractivity contribution in [3.8, 4) is 11.4 Å². The number of rotatable bonds is 7. The number of thioether (sulfide) groups is 1. The maximum Gasteiger partial charge on any atom is 0.573 e. The molecule has 12 heteroatoms. The number of nitrogens with zero attached hydrogens (tertiary/aromatic N) is 6. The largest absolute Gasteiger partial charge is 0.573 e. The smallest absolute Gasteiger partial charge is 0.406 e. The first-order chi connectivity index (χ1) is 12.8. The number of tetrazole rings is 1. The Kier molecular flexibility index (Phi) is 5.63. The summed E-state index contributed by atoms with van der Waals surface area (Å²) in [5, 5.41) is 15.7. The molecule has 0 spiro atoms. The van der Waals surface area contributed by atoms with Crippen molar-refractivity contribution in [3.05, 3.63) is 36.0 Å². The lowest BCUT2D eigenvalue weighted by atomic mass is 10.1. The highest BCUT2D eigenvalue weighted by atomic mass is 32.2. The third-order valence-electron chi connectivity index (χ3n) is 3.18. The van der Waals surface area contributed by atoms with E-state index in [-0.39, 0.29) is 5.75 Å². The first kappa shape index (κ1) is 19.1. The summed E-state index contributed by atoms with van der Waals surface area (Å²) in [7, 11) is 0. The zero-order valence-electron chi connectivity index (χ0n) is 14.3. The van der Waals surface area contributed by atoms with Crippen molar-refractivity contribution in [2.75, 3.05) is 0 Å². The van der Waals surface area contributed by atoms with Crippen molar-refractivity contribution in [3.63, 3.8) is 0 Å². The Morgan fingerprint density at radius 3 is 2.63 bits per heavy atom. The second-order valence-electron chi connectivity index (χ2n) is 5.91. The van der Waals surface area contributed by atoms with Crippen LogP contribution < -0.4 is 4.74 Å². The minimum atomic E-state index is -4.74. The lowest BCUT2D eigenvalue weighted by molar-refractivity contribution is -0.274. The summed E-state index contributed by atoms with van der Waals surface area (Å²) in [4.78, 5) is 4.30. The van der Waals surface area contributed by atoms with Crippen LogP contribution >= 0.6 is 11.8 Å². The molecule has 0 radical (unpaired) electrons. The van der Waals surface area contributed by atoms with Crippen molar-refractivity contribution in [2.45, 2.75) is 37.5 Å². The number of hydrogen-bond donors (Lipinski definition) is 0. The lowest BCUT2D eigenvalue weighted by Gasteiger charge is -2.09. The van der Waals surface area contributed by atoms with E-state index in [9.17, 15) is 13.2 Å². The summed E-state index contributed by atoms with van der Waals surface area (Å²) in [5.74, 6) is 1.54. The van der Waals surface area contributed by atoms with E-state index in [4.69, 9.17) is 4.52 Å². The molecule has 0 amide bonds. The summed E-state index contributed by atoms with van der Waals surface area (Å²) >= 11 is 1.27. The minimum absolute atomic E-state index is 0.322. The molecule has 3 rings (SSSR count). The lowest BCUT2D eigenvalue weighted by Crippen LogP contribution is -2.17. The first-order valence-electron chi connectivity index (χ1n) is 7.89. The van der Waals surface area contributed by atoms with Crippen molar-refractivity contribution in [1.29, 1.82) is 0 Å². The van der Waals surface area contributed by atoms with E-state index in [1.165, 1.54) is 40.7 Å². The molecule has 27 heavy (non-hydrogen) atoms. The third-order valence-corrected chi connectivity index (χ3v) is 4.09. The fourth-order valence-electron chi connectivity index (χ4n) is 2.14. The average Bonchev–Trinajstić information content (AvgIpc) is 3.21. The van der Waals surface area contributed by atoms with Crippen LogP contribution in [0.4, 0.5) is 13.2 Å². The van der Waals surface area contributed by atoms with Crippen LogP contribution in [0.15, 0.2) is 33.9 Å². The van der Waals surface area contributed by atoms with Gasteiger partial charge in [-0.05, 0) is 40.6 Å². The van der Waals surface area contributed by atoms with Crippen LogP contribution in [0.3, 0.4) is 0 Å². The van der Waals surface area contributed by atoms with Gasteiger partial charge in [-0.2, -0.15) is 9.67 Å². The van der Waals surface area contributed by atoms with Crippen LogP contribution in [0.5, 0.6) is 5.75 Å². The highest BCUT2D eigenvalue weighted by Gasteiger charge is 2.31. The molecule has 0 bridgehead atoms. The Balaban J connectivity index is 1.66. The molecule has 0 atom stereocenters. The molecule has 0 aliphatic carbocycles. The predicted molar refractivity (Wildman–Crippen MR) is 88.2 cm³/mol. The van der Waals surface area contributed by atoms with Crippen molar-refractivity contribution in [2.24, 2.45) is 5.92 Å². The zero-order valence-corrected chi connectivity index (χ0v) is 15.2. The van der Waals surface area contributed by atoms with Gasteiger partial charge < -0.3 is 9.26 Å². The summed E-state index contributed by atoms with van der Waals surface area (Å²) in [6.45, 7) is 4.12. The Morgan fingerprint density at radius 1 is 1.22 bits per heavy atom. The van der Waals surface area contributed by atoms with Crippen molar-refractivity contribution in [1.82, 2.24) is 30.3 Å². The number of ether oxygens (including phenoxy) is 1. The van der Waals surface area contributed by atoms with Gasteiger partial charge in [0.05, 0.1) is 11.4 Å². The second-order valence-corrected chi connectivity index (χ2v) is 6.85. The quantitative estimate of drug-likeness (QED) is 0.557. The van der Waals surface area contributed by atoms with Gasteiger partial charge in [0.25, 0.3) is 0 Å². The number of alkyl halides is 3. The SMILES string of the molecule is CC(C)Cc1noc(CSc2nnnn2-c2ccc(OC(F)(F)F)cc2)n1. The number of hydrogen-bond acceptors (Lipinski definition) is 8. The van der Waals surface area contributed by atoms with E-state index < -0.39 is 6.36 Å². The molecule has 0 aliphatic rings. The molecule has 0 saturated carbocycles. The first-order valence-corrected chi connectivity index (χ1v) is 8.87. The summed E-state index contributed by atoms with van der Waals surface area (Å²) in [6, 6.07) is 5.23. The number of halogens is 3.